The van der Waals surface area contributed by atoms with Gasteiger partial charge in [-0.2, -0.15) is 0 Å². The Hall–Kier alpha value is -2.82. The van der Waals surface area contributed by atoms with Crippen molar-refractivity contribution >= 4 is 11.9 Å². The van der Waals surface area contributed by atoms with Crippen LogP contribution in [-0.4, -0.2) is 41.6 Å². The summed E-state index contributed by atoms with van der Waals surface area (Å²) in [4.78, 5) is 24.3. The molecule has 0 bridgehead atoms. The van der Waals surface area contributed by atoms with Crippen molar-refractivity contribution in [2.75, 3.05) is 13.6 Å². The number of carbonyl (C=O) groups excluding carboxylic acids is 1. The van der Waals surface area contributed by atoms with E-state index < -0.39 is 12.1 Å². The molecule has 5 nitrogen and oxygen atoms in total. The first kappa shape index (κ1) is 18.5. The molecule has 0 heterocycles. The summed E-state index contributed by atoms with van der Waals surface area (Å²) in [6.07, 6.45) is -0.151. The molecule has 0 aliphatic carbocycles. The van der Waals surface area contributed by atoms with Gasteiger partial charge in [-0.05, 0) is 36.6 Å². The van der Waals surface area contributed by atoms with Gasteiger partial charge in [0.05, 0.1) is 0 Å². The van der Waals surface area contributed by atoms with Gasteiger partial charge in [0.2, 0.25) is 0 Å². The standard InChI is InChI=1S/C20H23NO4/c1-15(20(24)21(2)14-6-9-19(22)23)25-18-12-10-17(11-13-18)16-7-4-3-5-8-16/h3-5,7-8,10-13,15H,6,9,14H2,1-2H3,(H,22,23). The first-order valence-electron chi connectivity index (χ1n) is 8.26. The minimum atomic E-state index is -0.858. The molecule has 25 heavy (non-hydrogen) atoms. The van der Waals surface area contributed by atoms with Crippen LogP contribution in [0, 0.1) is 0 Å². The van der Waals surface area contributed by atoms with E-state index in [9.17, 15) is 9.59 Å². The molecule has 1 unspecified atom stereocenters. The highest BCUT2D eigenvalue weighted by Crippen LogP contribution is 2.22. The maximum atomic E-state index is 12.3. The van der Waals surface area contributed by atoms with Crippen molar-refractivity contribution < 1.29 is 19.4 Å². The van der Waals surface area contributed by atoms with Crippen LogP contribution in [0.25, 0.3) is 11.1 Å². The number of carbonyl (C=O) groups is 2. The van der Waals surface area contributed by atoms with Gasteiger partial charge in [0.25, 0.3) is 5.91 Å². The summed E-state index contributed by atoms with van der Waals surface area (Å²) < 4.78 is 5.71. The monoisotopic (exact) mass is 341 g/mol. The zero-order valence-electron chi connectivity index (χ0n) is 14.5. The van der Waals surface area contributed by atoms with Crippen LogP contribution in [0.4, 0.5) is 0 Å². The van der Waals surface area contributed by atoms with E-state index in [1.54, 1.807) is 14.0 Å². The lowest BCUT2D eigenvalue weighted by Gasteiger charge is -2.22. The van der Waals surface area contributed by atoms with Crippen LogP contribution < -0.4 is 4.74 Å². The Morgan fingerprint density at radius 2 is 1.64 bits per heavy atom. The molecular weight excluding hydrogens is 318 g/mol. The molecule has 2 aromatic rings. The average molecular weight is 341 g/mol. The zero-order valence-corrected chi connectivity index (χ0v) is 14.5. The van der Waals surface area contributed by atoms with E-state index in [0.29, 0.717) is 18.7 Å². The van der Waals surface area contributed by atoms with E-state index in [1.807, 2.05) is 54.6 Å². The number of aliphatic carboxylic acids is 1. The van der Waals surface area contributed by atoms with Gasteiger partial charge >= 0.3 is 5.97 Å². The molecule has 0 spiro atoms. The van der Waals surface area contributed by atoms with Crippen LogP contribution in [0.15, 0.2) is 54.6 Å². The maximum absolute atomic E-state index is 12.3. The second-order valence-electron chi connectivity index (χ2n) is 5.91. The Morgan fingerprint density at radius 1 is 1.04 bits per heavy atom. The van der Waals surface area contributed by atoms with E-state index in [1.165, 1.54) is 4.90 Å². The zero-order chi connectivity index (χ0) is 18.2. The van der Waals surface area contributed by atoms with E-state index in [4.69, 9.17) is 9.84 Å². The number of ether oxygens (including phenoxy) is 1. The second kappa shape index (κ2) is 8.87. The Balaban J connectivity index is 1.90. The van der Waals surface area contributed by atoms with Crippen molar-refractivity contribution in [1.82, 2.24) is 4.90 Å². The fourth-order valence-electron chi connectivity index (χ4n) is 2.50. The van der Waals surface area contributed by atoms with Crippen molar-refractivity contribution in [3.63, 3.8) is 0 Å². The molecule has 0 saturated heterocycles. The lowest BCUT2D eigenvalue weighted by molar-refractivity contribution is -0.139. The Kier molecular flexibility index (Phi) is 6.57. The van der Waals surface area contributed by atoms with Crippen LogP contribution in [0.3, 0.4) is 0 Å². The first-order chi connectivity index (χ1) is 12.0. The number of nitrogens with zero attached hydrogens (tertiary/aromatic N) is 1. The predicted octanol–water partition coefficient (Wildman–Crippen LogP) is 3.44. The van der Waals surface area contributed by atoms with E-state index in [2.05, 4.69) is 0 Å². The third-order valence-corrected chi connectivity index (χ3v) is 3.88. The number of carboxylic acid groups (broad SMARTS) is 1. The topological polar surface area (TPSA) is 66.8 Å². The van der Waals surface area contributed by atoms with Gasteiger partial charge in [0.15, 0.2) is 6.10 Å². The Morgan fingerprint density at radius 3 is 2.24 bits per heavy atom. The molecular formula is C20H23NO4. The van der Waals surface area contributed by atoms with Crippen molar-refractivity contribution in [3.05, 3.63) is 54.6 Å². The first-order valence-corrected chi connectivity index (χ1v) is 8.26. The normalized spacial score (nSPS) is 11.6. The van der Waals surface area contributed by atoms with Gasteiger partial charge in [0, 0.05) is 20.0 Å². The van der Waals surface area contributed by atoms with Crippen molar-refractivity contribution in [2.24, 2.45) is 0 Å². The van der Waals surface area contributed by atoms with Gasteiger partial charge in [-0.25, -0.2) is 0 Å². The second-order valence-corrected chi connectivity index (χ2v) is 5.91. The Bertz CT molecular complexity index is 697. The molecule has 1 amide bonds. The average Bonchev–Trinajstić information content (AvgIpc) is 2.62. The van der Waals surface area contributed by atoms with Gasteiger partial charge in [0.1, 0.15) is 5.75 Å². The minimum Gasteiger partial charge on any atom is -0.481 e. The van der Waals surface area contributed by atoms with Gasteiger partial charge in [-0.15, -0.1) is 0 Å². The maximum Gasteiger partial charge on any atom is 0.303 e. The minimum absolute atomic E-state index is 0.0494. The molecule has 2 aromatic carbocycles. The summed E-state index contributed by atoms with van der Waals surface area (Å²) in [5.41, 5.74) is 2.20. The van der Waals surface area contributed by atoms with Crippen LogP contribution in [-0.2, 0) is 9.59 Å². The highest BCUT2D eigenvalue weighted by Gasteiger charge is 2.19. The molecule has 1 atom stereocenters. The molecule has 0 saturated carbocycles. The van der Waals surface area contributed by atoms with Crippen molar-refractivity contribution in [1.29, 1.82) is 0 Å². The number of hydrogen-bond acceptors (Lipinski definition) is 3. The predicted molar refractivity (Wildman–Crippen MR) is 96.5 cm³/mol. The number of benzene rings is 2. The molecule has 0 aliphatic rings. The van der Waals surface area contributed by atoms with Crippen LogP contribution in [0.2, 0.25) is 0 Å². The fraction of sp³-hybridized carbons (Fsp3) is 0.300. The highest BCUT2D eigenvalue weighted by atomic mass is 16.5. The largest absolute Gasteiger partial charge is 0.481 e. The summed E-state index contributed by atoms with van der Waals surface area (Å²) in [6, 6.07) is 17.6. The molecule has 5 heteroatoms. The van der Waals surface area contributed by atoms with E-state index in [-0.39, 0.29) is 12.3 Å². The highest BCUT2D eigenvalue weighted by molar-refractivity contribution is 5.80. The molecule has 0 aliphatic heterocycles. The lowest BCUT2D eigenvalue weighted by atomic mass is 10.1. The van der Waals surface area contributed by atoms with Gasteiger partial charge < -0.3 is 14.7 Å². The number of rotatable bonds is 8. The smallest absolute Gasteiger partial charge is 0.303 e. The van der Waals surface area contributed by atoms with Crippen LogP contribution >= 0.6 is 0 Å². The molecule has 0 fully saturated rings. The van der Waals surface area contributed by atoms with Crippen LogP contribution in [0.1, 0.15) is 19.8 Å². The summed E-state index contributed by atoms with van der Waals surface area (Å²) >= 11 is 0. The quantitative estimate of drug-likeness (QED) is 0.799. The number of carboxylic acids is 1. The third-order valence-electron chi connectivity index (χ3n) is 3.88. The summed E-state index contributed by atoms with van der Waals surface area (Å²) in [5.74, 6) is -0.402. The van der Waals surface area contributed by atoms with E-state index in [0.717, 1.165) is 11.1 Å². The number of hydrogen-bond donors (Lipinski definition) is 1. The third kappa shape index (κ3) is 5.64. The summed E-state index contributed by atoms with van der Waals surface area (Å²) in [5, 5.41) is 8.65. The van der Waals surface area contributed by atoms with Gasteiger partial charge in [-0.1, -0.05) is 42.5 Å². The molecule has 0 radical (unpaired) electrons. The SMILES string of the molecule is CC(Oc1ccc(-c2ccccc2)cc1)C(=O)N(C)CCCC(=O)O. The molecule has 0 aromatic heterocycles. The number of amides is 1. The summed E-state index contributed by atoms with van der Waals surface area (Å²) in [7, 11) is 1.66. The fourth-order valence-corrected chi connectivity index (χ4v) is 2.50. The van der Waals surface area contributed by atoms with Crippen LogP contribution in [0.5, 0.6) is 5.75 Å². The Labute approximate surface area is 147 Å². The molecule has 1 N–H and O–H groups in total. The lowest BCUT2D eigenvalue weighted by Crippen LogP contribution is -2.38. The van der Waals surface area contributed by atoms with Gasteiger partial charge in [-0.3, -0.25) is 9.59 Å². The summed E-state index contributed by atoms with van der Waals surface area (Å²) in [6.45, 7) is 2.09. The molecule has 132 valence electrons. The van der Waals surface area contributed by atoms with Crippen molar-refractivity contribution in [3.8, 4) is 16.9 Å². The molecule has 2 rings (SSSR count). The number of likely N-dealkylation sites (N-methyl/N-ethyl adjacent to an activating group) is 1. The van der Waals surface area contributed by atoms with Crippen molar-refractivity contribution in [2.45, 2.75) is 25.9 Å². The van der Waals surface area contributed by atoms with E-state index >= 15 is 0 Å².